The normalized spacial score (nSPS) is 10.2. The van der Waals surface area contributed by atoms with E-state index >= 15 is 0 Å². The zero-order chi connectivity index (χ0) is 16.9. The average molecular weight is 325 g/mol. The molecule has 0 fully saturated rings. The van der Waals surface area contributed by atoms with E-state index in [9.17, 15) is 4.79 Å². The average Bonchev–Trinajstić information content (AvgIpc) is 3.00. The monoisotopic (exact) mass is 325 g/mol. The van der Waals surface area contributed by atoms with Crippen molar-refractivity contribution in [1.82, 2.24) is 15.1 Å². The molecule has 1 aromatic carbocycles. The van der Waals surface area contributed by atoms with Crippen LogP contribution in [0.1, 0.15) is 16.2 Å². The lowest BCUT2D eigenvalue weighted by Crippen LogP contribution is -2.14. The van der Waals surface area contributed by atoms with Gasteiger partial charge in [0, 0.05) is 18.0 Å². The van der Waals surface area contributed by atoms with Crippen LogP contribution in [0.2, 0.25) is 0 Å². The maximum absolute atomic E-state index is 12.3. The Morgan fingerprint density at radius 1 is 1.21 bits per heavy atom. The van der Waals surface area contributed by atoms with Gasteiger partial charge in [-0.1, -0.05) is 5.16 Å². The first-order chi connectivity index (χ1) is 11.6. The Labute approximate surface area is 137 Å². The number of ether oxygens (including phenoxy) is 1. The first-order valence-corrected chi connectivity index (χ1v) is 7.13. The highest BCUT2D eigenvalue weighted by atomic mass is 16.5. The van der Waals surface area contributed by atoms with Crippen LogP contribution < -0.4 is 15.4 Å². The Hall–Kier alpha value is -3.42. The number of nitrogens with one attached hydrogen (secondary N) is 2. The van der Waals surface area contributed by atoms with Crippen molar-refractivity contribution in [1.29, 1.82) is 0 Å². The summed E-state index contributed by atoms with van der Waals surface area (Å²) in [5, 5.41) is 9.42. The van der Waals surface area contributed by atoms with Gasteiger partial charge >= 0.3 is 0 Å². The number of rotatable bonds is 5. The summed E-state index contributed by atoms with van der Waals surface area (Å²) in [5.41, 5.74) is 0.865. The van der Waals surface area contributed by atoms with Gasteiger partial charge in [-0.2, -0.15) is 0 Å². The highest BCUT2D eigenvalue weighted by Crippen LogP contribution is 2.16. The number of nitrogens with zero attached hydrogens (tertiary/aromatic N) is 3. The molecule has 8 nitrogen and oxygen atoms in total. The minimum Gasteiger partial charge on any atom is -0.497 e. The Balaban J connectivity index is 1.71. The molecule has 0 aliphatic heterocycles. The van der Waals surface area contributed by atoms with Crippen molar-refractivity contribution >= 4 is 23.4 Å². The maximum atomic E-state index is 12.3. The fourth-order valence-corrected chi connectivity index (χ4v) is 1.95. The molecule has 0 radical (unpaired) electrons. The number of aromatic nitrogens is 3. The minimum absolute atomic E-state index is 0.225. The molecule has 2 heterocycles. The van der Waals surface area contributed by atoms with Crippen LogP contribution in [0.25, 0.3) is 0 Å². The summed E-state index contributed by atoms with van der Waals surface area (Å²) in [4.78, 5) is 20.5. The van der Waals surface area contributed by atoms with Crippen LogP contribution >= 0.6 is 0 Å². The van der Waals surface area contributed by atoms with Gasteiger partial charge in [0.25, 0.3) is 5.91 Å². The molecular weight excluding hydrogens is 310 g/mol. The van der Waals surface area contributed by atoms with E-state index < -0.39 is 0 Å². The van der Waals surface area contributed by atoms with E-state index in [0.717, 1.165) is 0 Å². The lowest BCUT2D eigenvalue weighted by Gasteiger charge is -2.07. The molecule has 0 spiro atoms. The van der Waals surface area contributed by atoms with Crippen molar-refractivity contribution in [3.05, 3.63) is 54.0 Å². The van der Waals surface area contributed by atoms with E-state index in [4.69, 9.17) is 9.26 Å². The van der Waals surface area contributed by atoms with Crippen LogP contribution in [-0.2, 0) is 0 Å². The number of hydrogen-bond acceptors (Lipinski definition) is 7. The van der Waals surface area contributed by atoms with Gasteiger partial charge in [-0.15, -0.1) is 0 Å². The van der Waals surface area contributed by atoms with Crippen LogP contribution in [0.3, 0.4) is 0 Å². The second-order valence-electron chi connectivity index (χ2n) is 4.90. The molecule has 0 saturated carbocycles. The number of carbonyl (C=O) groups excluding carboxylic acids is 1. The Kier molecular flexibility index (Phi) is 4.37. The quantitative estimate of drug-likeness (QED) is 0.743. The molecule has 0 saturated heterocycles. The first kappa shape index (κ1) is 15.5. The van der Waals surface area contributed by atoms with Crippen molar-refractivity contribution < 1.29 is 14.1 Å². The molecule has 0 aliphatic carbocycles. The van der Waals surface area contributed by atoms with Crippen molar-refractivity contribution in [2.75, 3.05) is 17.7 Å². The van der Waals surface area contributed by atoms with Gasteiger partial charge in [0.2, 0.25) is 5.95 Å². The lowest BCUT2D eigenvalue weighted by atomic mass is 10.3. The van der Waals surface area contributed by atoms with Gasteiger partial charge in [0.05, 0.1) is 7.11 Å². The summed E-state index contributed by atoms with van der Waals surface area (Å²) in [5.74, 6) is 1.75. The third kappa shape index (κ3) is 3.67. The zero-order valence-corrected chi connectivity index (χ0v) is 13.1. The molecule has 0 atom stereocenters. The van der Waals surface area contributed by atoms with Crippen LogP contribution in [0.15, 0.2) is 47.1 Å². The molecule has 2 N–H and O–H groups in total. The highest BCUT2D eigenvalue weighted by molar-refractivity contribution is 6.03. The summed E-state index contributed by atoms with van der Waals surface area (Å²) in [7, 11) is 1.58. The van der Waals surface area contributed by atoms with Crippen molar-refractivity contribution in [3.8, 4) is 5.75 Å². The van der Waals surface area contributed by atoms with Gasteiger partial charge in [-0.25, -0.2) is 9.97 Å². The van der Waals surface area contributed by atoms with Crippen LogP contribution in [-0.4, -0.2) is 28.1 Å². The molecule has 0 unspecified atom stereocenters. The molecule has 122 valence electrons. The van der Waals surface area contributed by atoms with Crippen molar-refractivity contribution in [2.45, 2.75) is 6.92 Å². The molecular formula is C16H15N5O3. The molecule has 3 rings (SSSR count). The van der Waals surface area contributed by atoms with Crippen LogP contribution in [0.4, 0.5) is 17.5 Å². The van der Waals surface area contributed by atoms with E-state index in [1.54, 1.807) is 44.4 Å². The second kappa shape index (κ2) is 6.78. The van der Waals surface area contributed by atoms with Gasteiger partial charge in [0.1, 0.15) is 17.2 Å². The molecule has 8 heteroatoms. The largest absolute Gasteiger partial charge is 0.497 e. The molecule has 24 heavy (non-hydrogen) atoms. The molecule has 3 aromatic rings. The Morgan fingerprint density at radius 2 is 2.00 bits per heavy atom. The lowest BCUT2D eigenvalue weighted by molar-refractivity contribution is 0.102. The fraction of sp³-hybridized carbons (Fsp3) is 0.125. The SMILES string of the molecule is COc1ccc(NC(=O)c2ccnc(Nc3cc(C)on3)n2)cc1. The molecule has 1 amide bonds. The molecule has 0 bridgehead atoms. The second-order valence-corrected chi connectivity index (χ2v) is 4.90. The number of aryl methyl sites for hydroxylation is 1. The predicted octanol–water partition coefficient (Wildman–Crippen LogP) is 2.78. The smallest absolute Gasteiger partial charge is 0.274 e. The third-order valence-corrected chi connectivity index (χ3v) is 3.10. The van der Waals surface area contributed by atoms with Gasteiger partial charge in [0.15, 0.2) is 5.82 Å². The Bertz CT molecular complexity index is 845. The zero-order valence-electron chi connectivity index (χ0n) is 13.1. The maximum Gasteiger partial charge on any atom is 0.274 e. The topological polar surface area (TPSA) is 102 Å². The number of methoxy groups -OCH3 is 1. The summed E-state index contributed by atoms with van der Waals surface area (Å²) in [6.45, 7) is 1.78. The van der Waals surface area contributed by atoms with Crippen molar-refractivity contribution in [2.24, 2.45) is 0 Å². The summed E-state index contributed by atoms with van der Waals surface area (Å²) in [6.07, 6.45) is 1.49. The first-order valence-electron chi connectivity index (χ1n) is 7.13. The van der Waals surface area contributed by atoms with E-state index in [-0.39, 0.29) is 17.5 Å². The molecule has 2 aromatic heterocycles. The van der Waals surface area contributed by atoms with Crippen LogP contribution in [0, 0.1) is 6.92 Å². The fourth-order valence-electron chi connectivity index (χ4n) is 1.95. The van der Waals surface area contributed by atoms with Gasteiger partial charge < -0.3 is 19.9 Å². The standard InChI is InChI=1S/C16H15N5O3/c1-10-9-14(21-24-10)20-16-17-8-7-13(19-16)15(22)18-11-3-5-12(23-2)6-4-11/h3-9H,1-2H3,(H,18,22)(H,17,19,20,21). The summed E-state index contributed by atoms with van der Waals surface area (Å²) < 4.78 is 10.0. The van der Waals surface area contributed by atoms with Crippen LogP contribution in [0.5, 0.6) is 5.75 Å². The molecule has 0 aliphatic rings. The Morgan fingerprint density at radius 3 is 2.67 bits per heavy atom. The summed E-state index contributed by atoms with van der Waals surface area (Å²) in [6, 6.07) is 10.2. The number of anilines is 3. The third-order valence-electron chi connectivity index (χ3n) is 3.10. The number of carbonyl (C=O) groups is 1. The van der Waals surface area contributed by atoms with E-state index in [1.165, 1.54) is 12.3 Å². The van der Waals surface area contributed by atoms with Crippen molar-refractivity contribution in [3.63, 3.8) is 0 Å². The minimum atomic E-state index is -0.345. The highest BCUT2D eigenvalue weighted by Gasteiger charge is 2.10. The number of amides is 1. The summed E-state index contributed by atoms with van der Waals surface area (Å²) >= 11 is 0. The van der Waals surface area contributed by atoms with E-state index in [0.29, 0.717) is 23.0 Å². The predicted molar refractivity (Wildman–Crippen MR) is 87.5 cm³/mol. The van der Waals surface area contributed by atoms with E-state index in [2.05, 4.69) is 25.8 Å². The number of hydrogen-bond donors (Lipinski definition) is 2. The van der Waals surface area contributed by atoms with E-state index in [1.807, 2.05) is 0 Å². The van der Waals surface area contributed by atoms with Gasteiger partial charge in [-0.05, 0) is 37.3 Å². The van der Waals surface area contributed by atoms with Gasteiger partial charge in [-0.3, -0.25) is 4.79 Å². The number of benzene rings is 1.